The van der Waals surface area contributed by atoms with Crippen molar-refractivity contribution in [1.29, 1.82) is 0 Å². The Morgan fingerprint density at radius 1 is 1.25 bits per heavy atom. The lowest BCUT2D eigenvalue weighted by atomic mass is 10.1. The maximum Gasteiger partial charge on any atom is 0.271 e. The Hall–Kier alpha value is -1.78. The van der Waals surface area contributed by atoms with E-state index in [9.17, 15) is 10.1 Å². The van der Waals surface area contributed by atoms with E-state index in [0.717, 1.165) is 11.1 Å². The van der Waals surface area contributed by atoms with E-state index in [0.29, 0.717) is 22.3 Å². The summed E-state index contributed by atoms with van der Waals surface area (Å²) in [6, 6.07) is 10.1. The van der Waals surface area contributed by atoms with E-state index in [-0.39, 0.29) is 5.69 Å². The summed E-state index contributed by atoms with van der Waals surface area (Å²) < 4.78 is 0. The molecule has 0 fully saturated rings. The number of halogens is 2. The first kappa shape index (κ1) is 14.6. The van der Waals surface area contributed by atoms with E-state index >= 15 is 0 Å². The Kier molecular flexibility index (Phi) is 4.47. The second-order valence-corrected chi connectivity index (χ2v) is 5.11. The van der Waals surface area contributed by atoms with Crippen LogP contribution in [-0.2, 0) is 6.54 Å². The predicted molar refractivity (Wildman–Crippen MR) is 81.6 cm³/mol. The Morgan fingerprint density at radius 3 is 2.70 bits per heavy atom. The predicted octanol–water partition coefficient (Wildman–Crippen LogP) is 4.82. The van der Waals surface area contributed by atoms with E-state index < -0.39 is 4.92 Å². The highest BCUT2D eigenvalue weighted by Crippen LogP contribution is 2.27. The van der Waals surface area contributed by atoms with E-state index in [4.69, 9.17) is 23.2 Å². The molecule has 0 radical (unpaired) electrons. The largest absolute Gasteiger partial charge is 0.380 e. The molecule has 0 saturated carbocycles. The van der Waals surface area contributed by atoms with Crippen molar-refractivity contribution in [3.63, 3.8) is 0 Å². The average molecular weight is 311 g/mol. The van der Waals surface area contributed by atoms with Crippen LogP contribution in [0.1, 0.15) is 11.1 Å². The molecule has 0 aromatic heterocycles. The second kappa shape index (κ2) is 6.11. The molecular formula is C14H12Cl2N2O2. The topological polar surface area (TPSA) is 55.2 Å². The van der Waals surface area contributed by atoms with E-state index in [2.05, 4.69) is 5.32 Å². The summed E-state index contributed by atoms with van der Waals surface area (Å²) in [6.07, 6.45) is 0. The number of nitro benzene ring substituents is 1. The van der Waals surface area contributed by atoms with Gasteiger partial charge in [-0.25, -0.2) is 0 Å². The fraction of sp³-hybridized carbons (Fsp3) is 0.143. The summed E-state index contributed by atoms with van der Waals surface area (Å²) >= 11 is 12.0. The minimum Gasteiger partial charge on any atom is -0.380 e. The van der Waals surface area contributed by atoms with Crippen LogP contribution >= 0.6 is 23.2 Å². The molecule has 0 bridgehead atoms. The molecule has 20 heavy (non-hydrogen) atoms. The molecule has 0 spiro atoms. The number of benzene rings is 2. The van der Waals surface area contributed by atoms with Crippen LogP contribution in [0.4, 0.5) is 11.4 Å². The van der Waals surface area contributed by atoms with Gasteiger partial charge in [-0.3, -0.25) is 10.1 Å². The van der Waals surface area contributed by atoms with E-state index in [1.807, 2.05) is 19.1 Å². The minimum absolute atomic E-state index is 0.0512. The average Bonchev–Trinajstić information content (AvgIpc) is 2.41. The number of nitro groups is 1. The summed E-state index contributed by atoms with van der Waals surface area (Å²) in [4.78, 5) is 10.4. The van der Waals surface area contributed by atoms with Gasteiger partial charge in [0, 0.05) is 24.4 Å². The van der Waals surface area contributed by atoms with Crippen LogP contribution in [0, 0.1) is 17.0 Å². The number of rotatable bonds is 4. The van der Waals surface area contributed by atoms with Crippen molar-refractivity contribution >= 4 is 34.6 Å². The molecule has 104 valence electrons. The molecule has 2 aromatic rings. The minimum atomic E-state index is -0.420. The molecule has 0 saturated heterocycles. The van der Waals surface area contributed by atoms with Gasteiger partial charge in [-0.05, 0) is 24.1 Å². The van der Waals surface area contributed by atoms with Crippen LogP contribution in [0.15, 0.2) is 36.4 Å². The summed E-state index contributed by atoms with van der Waals surface area (Å²) in [5, 5.41) is 14.9. The fourth-order valence-corrected chi connectivity index (χ4v) is 2.18. The first-order valence-electron chi connectivity index (χ1n) is 5.91. The molecule has 0 aliphatic rings. The van der Waals surface area contributed by atoms with Crippen LogP contribution in [0.2, 0.25) is 10.0 Å². The van der Waals surface area contributed by atoms with Crippen molar-refractivity contribution in [1.82, 2.24) is 0 Å². The van der Waals surface area contributed by atoms with Gasteiger partial charge in [0.05, 0.1) is 15.0 Å². The summed E-state index contributed by atoms with van der Waals surface area (Å²) in [7, 11) is 0. The van der Waals surface area contributed by atoms with E-state index in [1.54, 1.807) is 12.1 Å². The zero-order chi connectivity index (χ0) is 14.7. The van der Waals surface area contributed by atoms with Crippen molar-refractivity contribution in [2.75, 3.05) is 5.32 Å². The van der Waals surface area contributed by atoms with Gasteiger partial charge in [0.1, 0.15) is 0 Å². The van der Waals surface area contributed by atoms with Crippen molar-refractivity contribution in [2.45, 2.75) is 13.5 Å². The van der Waals surface area contributed by atoms with Gasteiger partial charge in [-0.15, -0.1) is 0 Å². The molecule has 0 aliphatic heterocycles. The molecule has 0 amide bonds. The molecule has 0 heterocycles. The summed E-state index contributed by atoms with van der Waals surface area (Å²) in [5.41, 5.74) is 2.52. The number of non-ortho nitro benzene ring substituents is 1. The third-order valence-electron chi connectivity index (χ3n) is 2.93. The van der Waals surface area contributed by atoms with Gasteiger partial charge in [0.15, 0.2) is 0 Å². The summed E-state index contributed by atoms with van der Waals surface area (Å²) in [6.45, 7) is 2.33. The molecule has 6 heteroatoms. The number of aryl methyl sites for hydroxylation is 1. The first-order valence-corrected chi connectivity index (χ1v) is 6.66. The maximum absolute atomic E-state index is 10.8. The SMILES string of the molecule is Cc1ccc([N+](=O)[O-])cc1NCc1cccc(Cl)c1Cl. The molecular weight excluding hydrogens is 299 g/mol. The van der Waals surface area contributed by atoms with E-state index in [1.165, 1.54) is 12.1 Å². The quantitative estimate of drug-likeness (QED) is 0.650. The van der Waals surface area contributed by atoms with Gasteiger partial charge in [0.25, 0.3) is 5.69 Å². The highest BCUT2D eigenvalue weighted by molar-refractivity contribution is 6.42. The van der Waals surface area contributed by atoms with Crippen molar-refractivity contribution in [3.8, 4) is 0 Å². The zero-order valence-electron chi connectivity index (χ0n) is 10.7. The molecule has 4 nitrogen and oxygen atoms in total. The lowest BCUT2D eigenvalue weighted by Gasteiger charge is -2.11. The van der Waals surface area contributed by atoms with Gasteiger partial charge in [-0.2, -0.15) is 0 Å². The second-order valence-electron chi connectivity index (χ2n) is 4.32. The number of hydrogen-bond donors (Lipinski definition) is 1. The third-order valence-corrected chi connectivity index (χ3v) is 3.79. The van der Waals surface area contributed by atoms with Crippen LogP contribution in [0.3, 0.4) is 0 Å². The number of nitrogens with one attached hydrogen (secondary N) is 1. The van der Waals surface area contributed by atoms with Gasteiger partial charge < -0.3 is 5.32 Å². The van der Waals surface area contributed by atoms with Crippen LogP contribution < -0.4 is 5.32 Å². The lowest BCUT2D eigenvalue weighted by Crippen LogP contribution is -2.02. The molecule has 2 aromatic carbocycles. The smallest absolute Gasteiger partial charge is 0.271 e. The first-order chi connectivity index (χ1) is 9.49. The molecule has 0 aliphatic carbocycles. The van der Waals surface area contributed by atoms with Crippen molar-refractivity contribution < 1.29 is 4.92 Å². The normalized spacial score (nSPS) is 10.3. The van der Waals surface area contributed by atoms with Crippen LogP contribution in [0.5, 0.6) is 0 Å². The highest BCUT2D eigenvalue weighted by atomic mass is 35.5. The zero-order valence-corrected chi connectivity index (χ0v) is 12.2. The monoisotopic (exact) mass is 310 g/mol. The standard InChI is InChI=1S/C14H12Cl2N2O2/c1-9-5-6-11(18(19)20)7-13(9)17-8-10-3-2-4-12(15)14(10)16/h2-7,17H,8H2,1H3. The summed E-state index contributed by atoms with van der Waals surface area (Å²) in [5.74, 6) is 0. The number of anilines is 1. The molecule has 0 atom stereocenters. The Morgan fingerprint density at radius 2 is 2.00 bits per heavy atom. The molecule has 2 rings (SSSR count). The van der Waals surface area contributed by atoms with Gasteiger partial charge in [-0.1, -0.05) is 41.4 Å². The number of hydrogen-bond acceptors (Lipinski definition) is 3. The van der Waals surface area contributed by atoms with Crippen LogP contribution in [0.25, 0.3) is 0 Å². The Bertz CT molecular complexity index is 660. The Balaban J connectivity index is 2.20. The maximum atomic E-state index is 10.8. The van der Waals surface area contributed by atoms with Gasteiger partial charge >= 0.3 is 0 Å². The fourth-order valence-electron chi connectivity index (χ4n) is 1.79. The lowest BCUT2D eigenvalue weighted by molar-refractivity contribution is -0.384. The van der Waals surface area contributed by atoms with Gasteiger partial charge in [0.2, 0.25) is 0 Å². The highest BCUT2D eigenvalue weighted by Gasteiger charge is 2.09. The molecule has 0 unspecified atom stereocenters. The number of nitrogens with zero attached hydrogens (tertiary/aromatic N) is 1. The Labute approximate surface area is 126 Å². The van der Waals surface area contributed by atoms with Crippen LogP contribution in [-0.4, -0.2) is 4.92 Å². The third kappa shape index (κ3) is 3.21. The van der Waals surface area contributed by atoms with Crippen molar-refractivity contribution in [3.05, 3.63) is 67.7 Å². The van der Waals surface area contributed by atoms with Crippen molar-refractivity contribution in [2.24, 2.45) is 0 Å². The molecule has 1 N–H and O–H groups in total.